The van der Waals surface area contributed by atoms with E-state index in [1.54, 1.807) is 0 Å². The highest BCUT2D eigenvalue weighted by atomic mass is 35.5. The summed E-state index contributed by atoms with van der Waals surface area (Å²) < 4.78 is 0. The van der Waals surface area contributed by atoms with Crippen LogP contribution >= 0.6 is 24.0 Å². The van der Waals surface area contributed by atoms with Crippen LogP contribution in [0, 0.1) is 12.8 Å². The summed E-state index contributed by atoms with van der Waals surface area (Å²) in [5.41, 5.74) is 1.81. The predicted molar refractivity (Wildman–Crippen MR) is 86.9 cm³/mol. The van der Waals surface area contributed by atoms with Gasteiger partial charge in [0, 0.05) is 6.42 Å². The third-order valence-electron chi connectivity index (χ3n) is 3.64. The fourth-order valence-corrected chi connectivity index (χ4v) is 2.72. The Bertz CT molecular complexity index is 445. The van der Waals surface area contributed by atoms with Crippen LogP contribution in [0.2, 0.25) is 5.02 Å². The van der Waals surface area contributed by atoms with Crippen LogP contribution in [0.5, 0.6) is 0 Å². The molecule has 5 heteroatoms. The summed E-state index contributed by atoms with van der Waals surface area (Å²) >= 11 is 6.10. The number of anilines is 1. The molecule has 1 aliphatic rings. The summed E-state index contributed by atoms with van der Waals surface area (Å²) in [6.07, 6.45) is 3.91. The third kappa shape index (κ3) is 5.31. The molecule has 0 atom stereocenters. The first kappa shape index (κ1) is 17.3. The predicted octanol–water partition coefficient (Wildman–Crippen LogP) is 3.79. The largest absolute Gasteiger partial charge is 0.325 e. The van der Waals surface area contributed by atoms with Gasteiger partial charge < -0.3 is 10.6 Å². The minimum Gasteiger partial charge on any atom is -0.325 e. The van der Waals surface area contributed by atoms with E-state index >= 15 is 0 Å². The van der Waals surface area contributed by atoms with Crippen LogP contribution in [-0.2, 0) is 4.79 Å². The molecule has 1 saturated heterocycles. The van der Waals surface area contributed by atoms with Crippen molar-refractivity contribution in [3.63, 3.8) is 0 Å². The zero-order valence-electron chi connectivity index (χ0n) is 11.7. The van der Waals surface area contributed by atoms with Gasteiger partial charge in [0.25, 0.3) is 0 Å². The van der Waals surface area contributed by atoms with Gasteiger partial charge in [-0.3, -0.25) is 4.79 Å². The van der Waals surface area contributed by atoms with Gasteiger partial charge in [0.15, 0.2) is 0 Å². The maximum Gasteiger partial charge on any atom is 0.224 e. The van der Waals surface area contributed by atoms with Crippen LogP contribution in [0.4, 0.5) is 5.69 Å². The van der Waals surface area contributed by atoms with Gasteiger partial charge in [0.05, 0.1) is 10.7 Å². The average Bonchev–Trinajstić information content (AvgIpc) is 2.41. The topological polar surface area (TPSA) is 41.1 Å². The second-order valence-corrected chi connectivity index (χ2v) is 5.67. The lowest BCUT2D eigenvalue weighted by molar-refractivity contribution is -0.116. The van der Waals surface area contributed by atoms with E-state index in [4.69, 9.17) is 11.6 Å². The van der Waals surface area contributed by atoms with Crippen molar-refractivity contribution >= 4 is 35.6 Å². The first-order chi connectivity index (χ1) is 9.15. The summed E-state index contributed by atoms with van der Waals surface area (Å²) in [7, 11) is 0. The van der Waals surface area contributed by atoms with E-state index in [1.165, 1.54) is 12.8 Å². The Kier molecular flexibility index (Phi) is 7.35. The molecular formula is C15H22Cl2N2O. The summed E-state index contributed by atoms with van der Waals surface area (Å²) in [5, 5.41) is 6.83. The first-order valence-electron chi connectivity index (χ1n) is 6.92. The minimum absolute atomic E-state index is 0. The Hall–Kier alpha value is -0.770. The standard InChI is InChI=1S/C15H21ClN2O.ClH/c1-11-2-4-14(13(16)10-11)18-15(19)5-3-12-6-8-17-9-7-12;/h2,4,10,12,17H,3,5-9H2,1H3,(H,18,19);1H. The molecule has 1 amide bonds. The van der Waals surface area contributed by atoms with Gasteiger partial charge in [0.1, 0.15) is 0 Å². The average molecular weight is 317 g/mol. The lowest BCUT2D eigenvalue weighted by Crippen LogP contribution is -2.28. The second kappa shape index (κ2) is 8.50. The van der Waals surface area contributed by atoms with Crippen LogP contribution in [-0.4, -0.2) is 19.0 Å². The third-order valence-corrected chi connectivity index (χ3v) is 3.95. The fraction of sp³-hybridized carbons (Fsp3) is 0.533. The minimum atomic E-state index is 0. The highest BCUT2D eigenvalue weighted by Gasteiger charge is 2.14. The Morgan fingerprint density at radius 1 is 1.40 bits per heavy atom. The van der Waals surface area contributed by atoms with Crippen molar-refractivity contribution in [1.82, 2.24) is 5.32 Å². The monoisotopic (exact) mass is 316 g/mol. The van der Waals surface area contributed by atoms with Crippen LogP contribution in [0.1, 0.15) is 31.2 Å². The number of nitrogens with one attached hydrogen (secondary N) is 2. The van der Waals surface area contributed by atoms with Gasteiger partial charge in [-0.05, 0) is 62.9 Å². The second-order valence-electron chi connectivity index (χ2n) is 5.26. The lowest BCUT2D eigenvalue weighted by atomic mass is 9.93. The molecule has 0 spiro atoms. The molecule has 20 heavy (non-hydrogen) atoms. The van der Waals surface area contributed by atoms with E-state index in [2.05, 4.69) is 10.6 Å². The number of hydrogen-bond acceptors (Lipinski definition) is 2. The maximum atomic E-state index is 11.9. The van der Waals surface area contributed by atoms with Gasteiger partial charge >= 0.3 is 0 Å². The Morgan fingerprint density at radius 3 is 2.75 bits per heavy atom. The molecule has 1 fully saturated rings. The van der Waals surface area contributed by atoms with E-state index in [0.717, 1.165) is 25.1 Å². The summed E-state index contributed by atoms with van der Waals surface area (Å²) in [6.45, 7) is 4.14. The normalized spacial score (nSPS) is 15.5. The molecule has 0 saturated carbocycles. The Labute approximate surface area is 131 Å². The highest BCUT2D eigenvalue weighted by Crippen LogP contribution is 2.23. The molecular weight excluding hydrogens is 295 g/mol. The van der Waals surface area contributed by atoms with Crippen molar-refractivity contribution in [2.45, 2.75) is 32.6 Å². The maximum absolute atomic E-state index is 11.9. The number of rotatable bonds is 4. The van der Waals surface area contributed by atoms with Crippen LogP contribution in [0.3, 0.4) is 0 Å². The Morgan fingerprint density at radius 2 is 2.10 bits per heavy atom. The molecule has 0 bridgehead atoms. The molecule has 2 rings (SSSR count). The number of carbonyl (C=O) groups excluding carboxylic acids is 1. The van der Waals surface area contributed by atoms with Crippen molar-refractivity contribution in [1.29, 1.82) is 0 Å². The van der Waals surface area contributed by atoms with Crippen molar-refractivity contribution in [2.75, 3.05) is 18.4 Å². The summed E-state index contributed by atoms with van der Waals surface area (Å²) in [5.74, 6) is 0.741. The number of amides is 1. The molecule has 1 heterocycles. The molecule has 3 nitrogen and oxygen atoms in total. The van der Waals surface area contributed by atoms with E-state index in [1.807, 2.05) is 25.1 Å². The molecule has 0 unspecified atom stereocenters. The van der Waals surface area contributed by atoms with Gasteiger partial charge in [-0.1, -0.05) is 17.7 Å². The first-order valence-corrected chi connectivity index (χ1v) is 7.29. The zero-order chi connectivity index (χ0) is 13.7. The smallest absolute Gasteiger partial charge is 0.224 e. The van der Waals surface area contributed by atoms with Crippen LogP contribution in [0.15, 0.2) is 18.2 Å². The van der Waals surface area contributed by atoms with Crippen LogP contribution in [0.25, 0.3) is 0 Å². The van der Waals surface area contributed by atoms with Gasteiger partial charge in [-0.2, -0.15) is 0 Å². The summed E-state index contributed by atoms with van der Waals surface area (Å²) in [6, 6.07) is 5.68. The zero-order valence-corrected chi connectivity index (χ0v) is 13.3. The lowest BCUT2D eigenvalue weighted by Gasteiger charge is -2.22. The highest BCUT2D eigenvalue weighted by molar-refractivity contribution is 6.33. The molecule has 112 valence electrons. The molecule has 1 aliphatic heterocycles. The van der Waals surface area contributed by atoms with E-state index < -0.39 is 0 Å². The quantitative estimate of drug-likeness (QED) is 0.887. The van der Waals surface area contributed by atoms with Crippen LogP contribution < -0.4 is 10.6 Å². The fourth-order valence-electron chi connectivity index (χ4n) is 2.44. The van der Waals surface area contributed by atoms with Gasteiger partial charge in [-0.15, -0.1) is 12.4 Å². The number of benzene rings is 1. The molecule has 0 aromatic heterocycles. The van der Waals surface area contributed by atoms with E-state index in [-0.39, 0.29) is 18.3 Å². The Balaban J connectivity index is 0.00000200. The van der Waals surface area contributed by atoms with Crippen molar-refractivity contribution in [3.8, 4) is 0 Å². The van der Waals surface area contributed by atoms with Crippen molar-refractivity contribution in [3.05, 3.63) is 28.8 Å². The molecule has 1 aromatic carbocycles. The van der Waals surface area contributed by atoms with E-state index in [0.29, 0.717) is 23.0 Å². The van der Waals surface area contributed by atoms with Crippen molar-refractivity contribution in [2.24, 2.45) is 5.92 Å². The van der Waals surface area contributed by atoms with Gasteiger partial charge in [-0.25, -0.2) is 0 Å². The molecule has 2 N–H and O–H groups in total. The molecule has 0 aliphatic carbocycles. The number of halogens is 2. The summed E-state index contributed by atoms with van der Waals surface area (Å²) in [4.78, 5) is 11.9. The van der Waals surface area contributed by atoms with Gasteiger partial charge in [0.2, 0.25) is 5.91 Å². The SMILES string of the molecule is Cc1ccc(NC(=O)CCC2CCNCC2)c(Cl)c1.Cl. The van der Waals surface area contributed by atoms with Crippen molar-refractivity contribution < 1.29 is 4.79 Å². The number of piperidine rings is 1. The number of hydrogen-bond donors (Lipinski definition) is 2. The van der Waals surface area contributed by atoms with E-state index in [9.17, 15) is 4.79 Å². The number of aryl methyl sites for hydroxylation is 1. The molecule has 1 aromatic rings. The molecule has 0 radical (unpaired) electrons. The number of carbonyl (C=O) groups is 1.